The molecule has 0 fully saturated rings. The number of benzene rings is 1. The maximum absolute atomic E-state index is 12.4. The van der Waals surface area contributed by atoms with Gasteiger partial charge in [-0.2, -0.15) is 0 Å². The Labute approximate surface area is 134 Å². The molecule has 1 aromatic carbocycles. The predicted molar refractivity (Wildman–Crippen MR) is 83.7 cm³/mol. The molecule has 0 bridgehead atoms. The highest BCUT2D eigenvalue weighted by atomic mass is 32.1. The Morgan fingerprint density at radius 1 is 1.43 bits per heavy atom. The number of carbonyl (C=O) groups is 2. The Kier molecular flexibility index (Phi) is 3.50. The van der Waals surface area contributed by atoms with Crippen molar-refractivity contribution in [2.45, 2.75) is 12.0 Å². The van der Waals surface area contributed by atoms with E-state index in [0.717, 1.165) is 6.07 Å². The molecule has 0 radical (unpaired) electrons. The fourth-order valence-corrected chi connectivity index (χ4v) is 3.36. The van der Waals surface area contributed by atoms with Crippen molar-refractivity contribution in [2.24, 2.45) is 0 Å². The van der Waals surface area contributed by atoms with Gasteiger partial charge < -0.3 is 10.0 Å². The fraction of sp³-hybridized carbons (Fsp3) is 0.200. The average Bonchev–Trinajstić information content (AvgIpc) is 3.11. The molecule has 1 N–H and O–H groups in total. The predicted octanol–water partition coefficient (Wildman–Crippen LogP) is 2.09. The van der Waals surface area contributed by atoms with Gasteiger partial charge in [0.05, 0.1) is 21.9 Å². The minimum atomic E-state index is -2.09. The van der Waals surface area contributed by atoms with E-state index in [1.54, 1.807) is 17.5 Å². The first-order valence-corrected chi connectivity index (χ1v) is 7.58. The van der Waals surface area contributed by atoms with Crippen molar-refractivity contribution in [3.05, 3.63) is 56.3 Å². The summed E-state index contributed by atoms with van der Waals surface area (Å²) in [6.45, 7) is 0. The second-order valence-corrected chi connectivity index (χ2v) is 6.21. The molecule has 1 aliphatic rings. The Bertz CT molecular complexity index is 817. The van der Waals surface area contributed by atoms with Gasteiger partial charge in [0.15, 0.2) is 11.4 Å². The van der Waals surface area contributed by atoms with Crippen molar-refractivity contribution in [1.29, 1.82) is 0 Å². The summed E-state index contributed by atoms with van der Waals surface area (Å²) in [6, 6.07) is 7.12. The van der Waals surface area contributed by atoms with Crippen LogP contribution in [0.5, 0.6) is 0 Å². The molecule has 1 aromatic heterocycles. The van der Waals surface area contributed by atoms with Gasteiger partial charge >= 0.3 is 0 Å². The number of fused-ring (bicyclic) bond motifs is 1. The number of nitro groups is 1. The number of anilines is 1. The lowest BCUT2D eigenvalue weighted by Gasteiger charge is -2.20. The van der Waals surface area contributed by atoms with E-state index in [-0.39, 0.29) is 17.0 Å². The van der Waals surface area contributed by atoms with E-state index in [2.05, 4.69) is 0 Å². The summed E-state index contributed by atoms with van der Waals surface area (Å²) in [5, 5.41) is 23.5. The van der Waals surface area contributed by atoms with E-state index in [1.807, 2.05) is 0 Å². The molecule has 3 rings (SSSR count). The van der Waals surface area contributed by atoms with E-state index >= 15 is 0 Å². The SMILES string of the molecule is CN1C(=O)C(O)(CC(=O)c2cccs2)c2cc([N+](=O)[O-])ccc21. The maximum atomic E-state index is 12.4. The van der Waals surface area contributed by atoms with Crippen LogP contribution in [-0.2, 0) is 10.4 Å². The number of carbonyl (C=O) groups excluding carboxylic acids is 2. The lowest BCUT2D eigenvalue weighted by molar-refractivity contribution is -0.385. The van der Waals surface area contributed by atoms with E-state index in [1.165, 1.54) is 35.4 Å². The highest BCUT2D eigenvalue weighted by Crippen LogP contribution is 2.43. The van der Waals surface area contributed by atoms with Crippen LogP contribution in [-0.4, -0.2) is 28.8 Å². The molecular weight excluding hydrogens is 320 g/mol. The molecule has 8 heteroatoms. The molecule has 1 atom stereocenters. The van der Waals surface area contributed by atoms with Crippen LogP contribution in [0, 0.1) is 10.1 Å². The number of thiophene rings is 1. The summed E-state index contributed by atoms with van der Waals surface area (Å²) >= 11 is 1.21. The van der Waals surface area contributed by atoms with Gasteiger partial charge in [-0.05, 0) is 17.5 Å². The number of nitro benzene ring substituents is 1. The van der Waals surface area contributed by atoms with Gasteiger partial charge in [0, 0.05) is 24.7 Å². The van der Waals surface area contributed by atoms with Gasteiger partial charge in [0.1, 0.15) is 0 Å². The van der Waals surface area contributed by atoms with Crippen LogP contribution in [0.4, 0.5) is 11.4 Å². The molecule has 23 heavy (non-hydrogen) atoms. The molecule has 0 saturated heterocycles. The van der Waals surface area contributed by atoms with Crippen LogP contribution < -0.4 is 4.90 Å². The first kappa shape index (κ1) is 15.3. The Hall–Kier alpha value is -2.58. The minimum Gasteiger partial charge on any atom is -0.375 e. The summed E-state index contributed by atoms with van der Waals surface area (Å²) in [4.78, 5) is 36.7. The molecule has 2 aromatic rings. The van der Waals surface area contributed by atoms with Crippen molar-refractivity contribution >= 4 is 34.4 Å². The summed E-state index contributed by atoms with van der Waals surface area (Å²) in [6.07, 6.45) is -0.454. The van der Waals surface area contributed by atoms with Crippen LogP contribution in [0.1, 0.15) is 21.7 Å². The lowest BCUT2D eigenvalue weighted by atomic mass is 9.89. The zero-order valence-electron chi connectivity index (χ0n) is 12.1. The molecule has 7 nitrogen and oxygen atoms in total. The van der Waals surface area contributed by atoms with Gasteiger partial charge in [-0.1, -0.05) is 6.07 Å². The first-order chi connectivity index (χ1) is 10.8. The van der Waals surface area contributed by atoms with Crippen LogP contribution in [0.25, 0.3) is 0 Å². The molecule has 1 aliphatic heterocycles. The van der Waals surface area contributed by atoms with Crippen molar-refractivity contribution in [1.82, 2.24) is 0 Å². The van der Waals surface area contributed by atoms with Crippen LogP contribution in [0.15, 0.2) is 35.7 Å². The van der Waals surface area contributed by atoms with Gasteiger partial charge in [0.2, 0.25) is 0 Å². The maximum Gasteiger partial charge on any atom is 0.269 e. The van der Waals surface area contributed by atoms with Crippen LogP contribution in [0.3, 0.4) is 0 Å². The van der Waals surface area contributed by atoms with Crippen LogP contribution in [0.2, 0.25) is 0 Å². The number of hydrogen-bond acceptors (Lipinski definition) is 6. The largest absolute Gasteiger partial charge is 0.375 e. The Morgan fingerprint density at radius 2 is 2.17 bits per heavy atom. The van der Waals surface area contributed by atoms with Gasteiger partial charge in [-0.25, -0.2) is 0 Å². The molecule has 2 heterocycles. The molecule has 0 aliphatic carbocycles. The summed E-state index contributed by atoms with van der Waals surface area (Å²) in [7, 11) is 1.46. The molecule has 1 amide bonds. The van der Waals surface area contributed by atoms with Crippen LogP contribution >= 0.6 is 11.3 Å². The third-order valence-corrected chi connectivity index (χ3v) is 4.78. The molecule has 1 unspecified atom stereocenters. The van der Waals surface area contributed by atoms with E-state index in [9.17, 15) is 24.8 Å². The number of aliphatic hydroxyl groups is 1. The highest BCUT2D eigenvalue weighted by Gasteiger charge is 2.50. The number of Topliss-reactive ketones (excluding diaryl/α,β-unsaturated/α-hetero) is 1. The number of amides is 1. The summed E-state index contributed by atoms with van der Waals surface area (Å²) in [5.74, 6) is -1.05. The van der Waals surface area contributed by atoms with Crippen molar-refractivity contribution in [2.75, 3.05) is 11.9 Å². The lowest BCUT2D eigenvalue weighted by Crippen LogP contribution is -2.40. The zero-order valence-corrected chi connectivity index (χ0v) is 12.9. The van der Waals surface area contributed by atoms with Gasteiger partial charge in [-0.3, -0.25) is 19.7 Å². The Balaban J connectivity index is 2.05. The van der Waals surface area contributed by atoms with E-state index < -0.39 is 22.9 Å². The van der Waals surface area contributed by atoms with Crippen molar-refractivity contribution < 1.29 is 19.6 Å². The number of non-ortho nitro benzene ring substituents is 1. The molecule has 0 saturated carbocycles. The first-order valence-electron chi connectivity index (χ1n) is 6.71. The quantitative estimate of drug-likeness (QED) is 0.525. The highest BCUT2D eigenvalue weighted by molar-refractivity contribution is 7.12. The number of ketones is 1. The second kappa shape index (κ2) is 5.25. The number of likely N-dealkylation sites (N-methyl/N-ethyl adjacent to an activating group) is 1. The third kappa shape index (κ3) is 2.32. The number of hydrogen-bond donors (Lipinski definition) is 1. The van der Waals surface area contributed by atoms with Crippen molar-refractivity contribution in [3.8, 4) is 0 Å². The van der Waals surface area contributed by atoms with Gasteiger partial charge in [-0.15, -0.1) is 11.3 Å². The monoisotopic (exact) mass is 332 g/mol. The standard InChI is InChI=1S/C15H12N2O5S/c1-16-11-5-4-9(17(21)22)7-10(11)15(20,14(16)19)8-12(18)13-3-2-6-23-13/h2-7,20H,8H2,1H3. The molecular formula is C15H12N2O5S. The Morgan fingerprint density at radius 3 is 2.78 bits per heavy atom. The van der Waals surface area contributed by atoms with E-state index in [4.69, 9.17) is 0 Å². The second-order valence-electron chi connectivity index (χ2n) is 5.26. The average molecular weight is 332 g/mol. The number of rotatable bonds is 4. The molecule has 118 valence electrons. The fourth-order valence-electron chi connectivity index (χ4n) is 2.69. The smallest absolute Gasteiger partial charge is 0.269 e. The summed E-state index contributed by atoms with van der Waals surface area (Å²) < 4.78 is 0. The topological polar surface area (TPSA) is 101 Å². The molecule has 0 spiro atoms. The van der Waals surface area contributed by atoms with Crippen molar-refractivity contribution in [3.63, 3.8) is 0 Å². The third-order valence-electron chi connectivity index (χ3n) is 3.87. The summed E-state index contributed by atoms with van der Waals surface area (Å²) in [5.41, 5.74) is -1.88. The number of nitrogens with zero attached hydrogens (tertiary/aromatic N) is 2. The van der Waals surface area contributed by atoms with E-state index in [0.29, 0.717) is 10.6 Å². The zero-order chi connectivity index (χ0) is 16.8. The normalized spacial score (nSPS) is 19.7. The minimum absolute atomic E-state index is 0.0871. The van der Waals surface area contributed by atoms with Gasteiger partial charge in [0.25, 0.3) is 11.6 Å².